The number of ether oxygens (including phenoxy) is 3. The Morgan fingerprint density at radius 1 is 0.795 bits per heavy atom. The Kier molecular flexibility index (Phi) is 24.2. The van der Waals surface area contributed by atoms with Crippen molar-refractivity contribution in [2.24, 2.45) is 5.92 Å². The lowest BCUT2D eigenvalue weighted by Crippen LogP contribution is -2.57. The molecule has 2 heterocycles. The molecule has 2 aromatic carbocycles. The minimum absolute atomic E-state index is 0.0932. The van der Waals surface area contributed by atoms with Gasteiger partial charge in [-0.1, -0.05) is 56.2 Å². The molecular weight excluding hydrogens is 1070 g/mol. The number of unbranched alkanes of at least 4 members (excludes halogenated alkanes) is 5. The standard InChI is InChI=1S/C55H81N3O17S3/c1-5-6-29-56-53(63)75-52-47(37-40(39-59)50(61)51(52)62)74-34-33-73-32-19-21-41(60)20-9-8-15-30-57-46-27-26-42(78(70,71)72)38-44(46)54(2,3)48(57)24-10-7-11-25-49-55(4,28-14-17-35-76(64,65)66)43-22-12-13-23-45(43)58(49)31-16-18-36-77(67,68)69/h7,10-13,22-27,38,40,47,50-52,59,61-62H,5-6,8-9,14-21,28-37,39H2,1-4H3,(H3-,56,63,64,65,66,67,68,69,70,71,72)/p+1/t40-,47+,50-,51+,52-,55?/m1/s1. The van der Waals surface area contributed by atoms with Crippen LogP contribution in [0.5, 0.6) is 0 Å². The largest absolute Gasteiger partial charge is 0.441 e. The highest BCUT2D eigenvalue weighted by molar-refractivity contribution is 7.86. The van der Waals surface area contributed by atoms with Gasteiger partial charge in [-0.15, -0.1) is 0 Å². The number of fused-ring (bicyclic) bond motifs is 2. The molecule has 0 saturated heterocycles. The number of nitrogens with zero attached hydrogens (tertiary/aromatic N) is 2. The first-order valence-corrected chi connectivity index (χ1v) is 31.7. The van der Waals surface area contributed by atoms with Crippen LogP contribution in [0.3, 0.4) is 0 Å². The summed E-state index contributed by atoms with van der Waals surface area (Å²) < 4.78 is 119. The molecule has 1 saturated carbocycles. The van der Waals surface area contributed by atoms with Crippen molar-refractivity contribution >= 4 is 59.3 Å². The third-order valence-corrected chi connectivity index (χ3v) is 17.3. The number of carbonyl (C=O) groups excluding carboxylic acids is 2. The zero-order chi connectivity index (χ0) is 57.3. The number of allylic oxidation sites excluding steroid dienone is 6. The number of rotatable bonds is 33. The number of alkyl carbamates (subject to hydrolysis) is 1. The maximum Gasteiger partial charge on any atom is 0.407 e. The maximum absolute atomic E-state index is 12.9. The molecule has 3 aliphatic rings. The van der Waals surface area contributed by atoms with Crippen molar-refractivity contribution in [1.82, 2.24) is 5.32 Å². The molecule has 0 bridgehead atoms. The van der Waals surface area contributed by atoms with Gasteiger partial charge in [0.1, 0.15) is 18.4 Å². The highest BCUT2D eigenvalue weighted by Crippen LogP contribution is 2.51. The predicted octanol–water partition coefficient (Wildman–Crippen LogP) is 6.75. The van der Waals surface area contributed by atoms with Crippen LogP contribution in [0.15, 0.2) is 83.4 Å². The molecule has 2 aliphatic heterocycles. The highest BCUT2D eigenvalue weighted by atomic mass is 32.2. The first-order valence-electron chi connectivity index (χ1n) is 27.0. The monoisotopic (exact) mass is 1150 g/mol. The van der Waals surface area contributed by atoms with Crippen molar-refractivity contribution in [2.75, 3.05) is 62.5 Å². The molecule has 0 spiro atoms. The van der Waals surface area contributed by atoms with E-state index in [0.29, 0.717) is 83.2 Å². The average Bonchev–Trinajstić information content (AvgIpc) is 3.75. The molecule has 5 rings (SSSR count). The molecule has 23 heteroatoms. The number of anilines is 1. The van der Waals surface area contributed by atoms with Gasteiger partial charge >= 0.3 is 6.09 Å². The van der Waals surface area contributed by atoms with E-state index in [2.05, 4.69) is 21.7 Å². The van der Waals surface area contributed by atoms with Gasteiger partial charge in [0.25, 0.3) is 30.4 Å². The number of hydrogen-bond acceptors (Lipinski definition) is 15. The number of Topliss-reactive ketones (excluding diaryl/α,β-unsaturated/α-hetero) is 1. The second kappa shape index (κ2) is 29.4. The minimum Gasteiger partial charge on any atom is -0.441 e. The van der Waals surface area contributed by atoms with E-state index in [9.17, 15) is 63.8 Å². The molecule has 1 aliphatic carbocycles. The van der Waals surface area contributed by atoms with Crippen molar-refractivity contribution in [2.45, 2.75) is 158 Å². The second-order valence-corrected chi connectivity index (χ2v) is 25.7. The van der Waals surface area contributed by atoms with Crippen molar-refractivity contribution < 1.29 is 82.6 Å². The molecule has 20 nitrogen and oxygen atoms in total. The summed E-state index contributed by atoms with van der Waals surface area (Å²) in [7, 11) is -12.8. The quantitative estimate of drug-likeness (QED) is 0.0168. The summed E-state index contributed by atoms with van der Waals surface area (Å²) in [5.74, 6) is -1.30. The Hall–Kier alpha value is -4.40. The van der Waals surface area contributed by atoms with Crippen molar-refractivity contribution in [1.29, 1.82) is 0 Å². The Bertz CT molecular complexity index is 2810. The Morgan fingerprint density at radius 3 is 2.19 bits per heavy atom. The lowest BCUT2D eigenvalue weighted by atomic mass is 9.77. The maximum atomic E-state index is 12.9. The van der Waals surface area contributed by atoms with E-state index in [-0.39, 0.29) is 61.3 Å². The summed E-state index contributed by atoms with van der Waals surface area (Å²) in [5.41, 5.74) is 3.98. The van der Waals surface area contributed by atoms with Crippen LogP contribution in [0.1, 0.15) is 129 Å². The summed E-state index contributed by atoms with van der Waals surface area (Å²) in [4.78, 5) is 27.2. The lowest BCUT2D eigenvalue weighted by molar-refractivity contribution is -0.438. The van der Waals surface area contributed by atoms with E-state index in [1.807, 2.05) is 75.4 Å². The lowest BCUT2D eigenvalue weighted by Gasteiger charge is -2.41. The second-order valence-electron chi connectivity index (χ2n) is 21.1. The van der Waals surface area contributed by atoms with Gasteiger partial charge in [-0.05, 0) is 108 Å². The van der Waals surface area contributed by atoms with E-state index in [4.69, 9.17) is 14.2 Å². The van der Waals surface area contributed by atoms with E-state index in [1.165, 1.54) is 12.1 Å². The molecule has 0 aromatic heterocycles. The van der Waals surface area contributed by atoms with Crippen molar-refractivity contribution in [3.05, 3.63) is 89.7 Å². The Labute approximate surface area is 460 Å². The number of aliphatic hydroxyl groups is 3. The van der Waals surface area contributed by atoms with Crippen LogP contribution in [-0.4, -0.2) is 158 Å². The number of carbonyl (C=O) groups is 2. The molecule has 1 unspecified atom stereocenters. The first-order chi connectivity index (χ1) is 36.8. The van der Waals surface area contributed by atoms with E-state index in [0.717, 1.165) is 47.6 Å². The summed E-state index contributed by atoms with van der Waals surface area (Å²) >= 11 is 0. The van der Waals surface area contributed by atoms with Crippen molar-refractivity contribution in [3.63, 3.8) is 0 Å². The van der Waals surface area contributed by atoms with E-state index < -0.39 is 77.6 Å². The third-order valence-electron chi connectivity index (χ3n) is 14.9. The van der Waals surface area contributed by atoms with Gasteiger partial charge in [0.15, 0.2) is 11.8 Å². The summed E-state index contributed by atoms with van der Waals surface area (Å²) in [5, 5.41) is 33.5. The van der Waals surface area contributed by atoms with Gasteiger partial charge < -0.3 is 39.7 Å². The fraction of sp³-hybridized carbons (Fsp3) is 0.618. The number of amides is 1. The van der Waals surface area contributed by atoms with E-state index >= 15 is 0 Å². The Balaban J connectivity index is 1.19. The molecule has 7 N–H and O–H groups in total. The molecule has 78 heavy (non-hydrogen) atoms. The molecule has 1 fully saturated rings. The first kappa shape index (κ1) is 64.4. The van der Waals surface area contributed by atoms with Crippen LogP contribution in [0.2, 0.25) is 0 Å². The van der Waals surface area contributed by atoms with Crippen LogP contribution < -0.4 is 10.2 Å². The number of nitrogens with one attached hydrogen (secondary N) is 1. The number of ketones is 1. The van der Waals surface area contributed by atoms with Gasteiger partial charge in [-0.25, -0.2) is 4.79 Å². The molecule has 0 radical (unpaired) electrons. The zero-order valence-corrected chi connectivity index (χ0v) is 47.8. The van der Waals surface area contributed by atoms with Crippen LogP contribution in [0.4, 0.5) is 16.2 Å². The van der Waals surface area contributed by atoms with Gasteiger partial charge in [-0.2, -0.15) is 29.8 Å². The number of para-hydroxylation sites is 1. The molecule has 436 valence electrons. The number of hydrogen-bond donors (Lipinski definition) is 7. The minimum atomic E-state index is -4.49. The third kappa shape index (κ3) is 18.3. The summed E-state index contributed by atoms with van der Waals surface area (Å²) in [6.07, 6.45) is 11.3. The smallest absolute Gasteiger partial charge is 0.407 e. The molecule has 6 atom stereocenters. The fourth-order valence-corrected chi connectivity index (χ4v) is 12.3. The molecule has 2 aromatic rings. The topological polar surface area (TPSA) is 304 Å². The summed E-state index contributed by atoms with van der Waals surface area (Å²) in [6.45, 7) is 9.60. The fourth-order valence-electron chi connectivity index (χ4n) is 10.7. The van der Waals surface area contributed by atoms with Crippen LogP contribution >= 0.6 is 0 Å². The van der Waals surface area contributed by atoms with Gasteiger partial charge in [0, 0.05) is 86.0 Å². The number of benzene rings is 2. The van der Waals surface area contributed by atoms with Crippen LogP contribution in [0, 0.1) is 5.92 Å². The van der Waals surface area contributed by atoms with Crippen LogP contribution in [-0.2, 0) is 60.2 Å². The average molecular weight is 1150 g/mol. The van der Waals surface area contributed by atoms with Gasteiger partial charge in [-0.3, -0.25) is 18.5 Å². The predicted molar refractivity (Wildman–Crippen MR) is 296 cm³/mol. The van der Waals surface area contributed by atoms with E-state index in [1.54, 1.807) is 6.07 Å². The number of aliphatic hydroxyl groups excluding tert-OH is 3. The van der Waals surface area contributed by atoms with Gasteiger partial charge in [0.2, 0.25) is 5.69 Å². The Morgan fingerprint density at radius 2 is 1.50 bits per heavy atom. The molecular formula is C55H82N3O17S3+. The van der Waals surface area contributed by atoms with Crippen LogP contribution in [0.25, 0.3) is 0 Å². The summed E-state index contributed by atoms with van der Waals surface area (Å²) in [6, 6.07) is 12.4. The highest BCUT2D eigenvalue weighted by Gasteiger charge is 2.47. The SMILES string of the molecule is CCCCNC(=O)O[C@H]1[C@@H](O)[C@H](O)[C@@H](CO)C[C@@H]1OCCOCCCC(=O)CCCCC[N+]1=C(C=CC=CC=C2N(CCCCS(=O)(=O)O)c3ccccc3C2(C)CCCCS(=O)(=O)O)C(C)(C)c2cc(S(=O)(=O)O)ccc21. The normalized spacial score (nSPS) is 22.9. The van der Waals surface area contributed by atoms with Crippen molar-refractivity contribution in [3.8, 4) is 0 Å². The molecule has 1 amide bonds. The van der Waals surface area contributed by atoms with Gasteiger partial charge in [0.05, 0.1) is 47.2 Å². The zero-order valence-electron chi connectivity index (χ0n) is 45.4.